The maximum Gasteiger partial charge on any atom is 0.414 e. The molecule has 2 atom stereocenters. The monoisotopic (exact) mass is 601 g/mol. The third kappa shape index (κ3) is 8.12. The zero-order valence-electron chi connectivity index (χ0n) is 19.0. The number of hydrogen-bond donors (Lipinski definition) is 3. The van der Waals surface area contributed by atoms with Crippen LogP contribution in [0.3, 0.4) is 0 Å². The fraction of sp³-hybridized carbons (Fsp3) is 0.148. The average molecular weight is 601 g/mol. The van der Waals surface area contributed by atoms with Crippen LogP contribution in [-0.2, 0) is 9.53 Å². The third-order valence-electron chi connectivity index (χ3n) is 5.03. The smallest absolute Gasteiger partial charge is 0.414 e. The quantitative estimate of drug-likeness (QED) is 0.208. The summed E-state index contributed by atoms with van der Waals surface area (Å²) in [5, 5.41) is 21.7. The minimum Gasteiger partial charge on any atom is -0.508 e. The number of carboxylic acids is 1. The number of amides is 2. The topological polar surface area (TPSA) is 122 Å². The van der Waals surface area contributed by atoms with Gasteiger partial charge in [-0.1, -0.05) is 42.5 Å². The van der Waals surface area contributed by atoms with Crippen molar-refractivity contribution in [3.63, 3.8) is 0 Å². The first-order chi connectivity index (χ1) is 17.3. The molecule has 0 fully saturated rings. The van der Waals surface area contributed by atoms with E-state index in [4.69, 9.17) is 14.6 Å². The normalized spacial score (nSPS) is 12.5. The van der Waals surface area contributed by atoms with E-state index in [-0.39, 0.29) is 23.3 Å². The van der Waals surface area contributed by atoms with Crippen LogP contribution in [0.5, 0.6) is 11.5 Å². The number of alkyl carbamates (subject to hydrolysis) is 1. The minimum absolute atomic E-state index is 0.120. The van der Waals surface area contributed by atoms with Gasteiger partial charge >= 0.3 is 12.1 Å². The van der Waals surface area contributed by atoms with Crippen LogP contribution in [-0.4, -0.2) is 34.3 Å². The highest BCUT2D eigenvalue weighted by molar-refractivity contribution is 14.1. The number of allylic oxidation sites excluding steroid dienone is 1. The number of carboxylic acid groups (broad SMARTS) is 1. The Morgan fingerprint density at radius 3 is 2.31 bits per heavy atom. The zero-order chi connectivity index (χ0) is 25.9. The summed E-state index contributed by atoms with van der Waals surface area (Å²) in [7, 11) is 0. The van der Waals surface area contributed by atoms with Crippen LogP contribution in [0.2, 0.25) is 0 Å². The van der Waals surface area contributed by atoms with Crippen LogP contribution in [0.1, 0.15) is 34.9 Å². The molecule has 0 aliphatic rings. The maximum atomic E-state index is 12.8. The summed E-state index contributed by atoms with van der Waals surface area (Å²) in [4.78, 5) is 36.1. The lowest BCUT2D eigenvalue weighted by atomic mass is 9.99. The van der Waals surface area contributed by atoms with Gasteiger partial charge in [0.25, 0.3) is 5.91 Å². The van der Waals surface area contributed by atoms with Gasteiger partial charge in [0.05, 0.1) is 0 Å². The molecule has 0 spiro atoms. The van der Waals surface area contributed by atoms with Crippen LogP contribution < -0.4 is 10.1 Å². The number of phenolic OH excluding ortho intramolecular Hbond substituents is 1. The molecule has 0 aromatic heterocycles. The number of phenols is 1. The van der Waals surface area contributed by atoms with Gasteiger partial charge in [0, 0.05) is 20.8 Å². The first kappa shape index (κ1) is 26.7. The number of para-hydroxylation sites is 1. The number of carbonyl (C=O) groups is 3. The lowest BCUT2D eigenvalue weighted by Gasteiger charge is -2.28. The lowest BCUT2D eigenvalue weighted by molar-refractivity contribution is -0.131. The molecule has 3 rings (SSSR count). The number of hydrogen-bond acceptors (Lipinski definition) is 6. The Balaban J connectivity index is 1.91. The highest BCUT2D eigenvalue weighted by atomic mass is 127. The molecule has 3 aromatic carbocycles. The van der Waals surface area contributed by atoms with Crippen molar-refractivity contribution < 1.29 is 34.1 Å². The predicted octanol–water partition coefficient (Wildman–Crippen LogP) is 5.47. The molecule has 0 saturated carbocycles. The Morgan fingerprint density at radius 2 is 1.64 bits per heavy atom. The molecule has 3 N–H and O–H groups in total. The highest BCUT2D eigenvalue weighted by Crippen LogP contribution is 2.34. The Morgan fingerprint density at radius 1 is 0.972 bits per heavy atom. The van der Waals surface area contributed by atoms with E-state index >= 15 is 0 Å². The molecule has 0 bridgehead atoms. The summed E-state index contributed by atoms with van der Waals surface area (Å²) in [6.45, 7) is 0. The number of rotatable bonds is 10. The van der Waals surface area contributed by atoms with Gasteiger partial charge in [0.1, 0.15) is 17.6 Å². The number of nitrogens with one attached hydrogen (secondary N) is 1. The van der Waals surface area contributed by atoms with Gasteiger partial charge in [-0.2, -0.15) is 0 Å². The SMILES string of the molecule is O=C(O)/C=C/CC[C@H](Oc1ccccc1)[C@@H](OC(=O)NC(=O)c1ccccc1)c1cc(I)ccc1O. The van der Waals surface area contributed by atoms with Crippen molar-refractivity contribution in [2.24, 2.45) is 0 Å². The summed E-state index contributed by atoms with van der Waals surface area (Å²) in [5.41, 5.74) is 0.561. The molecular weight excluding hydrogens is 577 g/mol. The first-order valence-corrected chi connectivity index (χ1v) is 12.1. The molecule has 0 heterocycles. The van der Waals surface area contributed by atoms with Crippen LogP contribution in [0.4, 0.5) is 4.79 Å². The van der Waals surface area contributed by atoms with Gasteiger partial charge in [-0.3, -0.25) is 10.1 Å². The van der Waals surface area contributed by atoms with Gasteiger partial charge in [0.2, 0.25) is 0 Å². The second kappa shape index (κ2) is 13.3. The van der Waals surface area contributed by atoms with Crippen LogP contribution in [0.15, 0.2) is 91.0 Å². The number of imide groups is 1. The van der Waals surface area contributed by atoms with E-state index in [0.29, 0.717) is 12.2 Å². The van der Waals surface area contributed by atoms with Crippen LogP contribution >= 0.6 is 22.6 Å². The van der Waals surface area contributed by atoms with Gasteiger partial charge in [0.15, 0.2) is 6.10 Å². The van der Waals surface area contributed by atoms with Crippen molar-refractivity contribution in [1.82, 2.24) is 5.32 Å². The second-order valence-corrected chi connectivity index (χ2v) is 8.88. The zero-order valence-corrected chi connectivity index (χ0v) is 21.2. The summed E-state index contributed by atoms with van der Waals surface area (Å²) in [6, 6.07) is 21.8. The van der Waals surface area contributed by atoms with Crippen molar-refractivity contribution in [2.45, 2.75) is 25.0 Å². The number of benzene rings is 3. The van der Waals surface area contributed by atoms with E-state index in [9.17, 15) is 19.5 Å². The number of halogens is 1. The second-order valence-electron chi connectivity index (χ2n) is 7.64. The maximum absolute atomic E-state index is 12.8. The molecule has 0 aliphatic heterocycles. The summed E-state index contributed by atoms with van der Waals surface area (Å²) >= 11 is 2.07. The largest absolute Gasteiger partial charge is 0.508 e. The number of ether oxygens (including phenoxy) is 2. The molecule has 0 aliphatic carbocycles. The molecule has 186 valence electrons. The first-order valence-electron chi connectivity index (χ1n) is 11.0. The van der Waals surface area contributed by atoms with Gasteiger partial charge in [-0.25, -0.2) is 9.59 Å². The van der Waals surface area contributed by atoms with Gasteiger partial charge < -0.3 is 19.7 Å². The van der Waals surface area contributed by atoms with Crippen LogP contribution in [0.25, 0.3) is 0 Å². The molecule has 8 nitrogen and oxygen atoms in total. The van der Waals surface area contributed by atoms with Crippen molar-refractivity contribution >= 4 is 40.6 Å². The third-order valence-corrected chi connectivity index (χ3v) is 5.70. The molecule has 0 saturated heterocycles. The van der Waals surface area contributed by atoms with Gasteiger partial charge in [-0.05, 0) is 77.9 Å². The standard InChI is InChI=1S/C27H24INO7/c28-19-15-16-22(30)21(17-19)25(36-27(34)29-26(33)18-9-3-1-4-10-18)23(13-7-8-14-24(31)32)35-20-11-5-2-6-12-20/h1-6,8-12,14-17,23,25,30H,7,13H2,(H,31,32)(H,29,33,34)/b14-8+/t23-,25-/m0/s1. The van der Waals surface area contributed by atoms with Crippen molar-refractivity contribution in [3.8, 4) is 11.5 Å². The summed E-state index contributed by atoms with van der Waals surface area (Å²) in [5.74, 6) is -1.36. The Kier molecular flexibility index (Phi) is 9.87. The lowest BCUT2D eigenvalue weighted by Crippen LogP contribution is -2.36. The highest BCUT2D eigenvalue weighted by Gasteiger charge is 2.31. The minimum atomic E-state index is -1.12. The Hall–Kier alpha value is -3.86. The van der Waals surface area contributed by atoms with Crippen molar-refractivity contribution in [1.29, 1.82) is 0 Å². The van der Waals surface area contributed by atoms with E-state index in [1.54, 1.807) is 66.7 Å². The predicted molar refractivity (Wildman–Crippen MR) is 141 cm³/mol. The number of carbonyl (C=O) groups excluding carboxylic acids is 2. The number of aromatic hydroxyl groups is 1. The molecular formula is C27H24INO7. The van der Waals surface area contributed by atoms with E-state index in [1.807, 2.05) is 6.07 Å². The van der Waals surface area contributed by atoms with E-state index in [0.717, 1.165) is 9.65 Å². The molecule has 2 amide bonds. The molecule has 0 radical (unpaired) electrons. The van der Waals surface area contributed by atoms with E-state index in [2.05, 4.69) is 27.9 Å². The molecule has 3 aromatic rings. The Labute approximate surface area is 221 Å². The summed E-state index contributed by atoms with van der Waals surface area (Å²) < 4.78 is 12.6. The van der Waals surface area contributed by atoms with Gasteiger partial charge in [-0.15, -0.1) is 0 Å². The number of aliphatic carboxylic acids is 1. The van der Waals surface area contributed by atoms with Crippen molar-refractivity contribution in [3.05, 3.63) is 106 Å². The fourth-order valence-corrected chi connectivity index (χ4v) is 3.90. The van der Waals surface area contributed by atoms with E-state index < -0.39 is 30.2 Å². The average Bonchev–Trinajstić information content (AvgIpc) is 2.87. The van der Waals surface area contributed by atoms with Crippen LogP contribution in [0, 0.1) is 3.57 Å². The molecule has 0 unspecified atom stereocenters. The van der Waals surface area contributed by atoms with E-state index in [1.165, 1.54) is 12.1 Å². The summed E-state index contributed by atoms with van der Waals surface area (Å²) in [6.07, 6.45) is 0.0505. The fourth-order valence-electron chi connectivity index (χ4n) is 3.38. The molecule has 9 heteroatoms. The molecule has 36 heavy (non-hydrogen) atoms. The van der Waals surface area contributed by atoms with Crippen molar-refractivity contribution in [2.75, 3.05) is 0 Å². The Bertz CT molecular complexity index is 1220.